The lowest BCUT2D eigenvalue weighted by molar-refractivity contribution is -0.121. The maximum Gasteiger partial charge on any atom is 0.243 e. The predicted molar refractivity (Wildman–Crippen MR) is 108 cm³/mol. The number of carbonyl (C=O) groups is 1. The van der Waals surface area contributed by atoms with Gasteiger partial charge < -0.3 is 5.32 Å². The molecule has 0 saturated heterocycles. The van der Waals surface area contributed by atoms with Gasteiger partial charge in [0.25, 0.3) is 0 Å². The first-order valence-electron chi connectivity index (χ1n) is 7.68. The quantitative estimate of drug-likeness (QED) is 0.673. The SMILES string of the molecule is CC(C(=O)NCCSC(C)(C)C)N(c1cc(Cl)cc(Cl)c1)S(C)(=O)=O. The van der Waals surface area contributed by atoms with Crippen LogP contribution in [0.15, 0.2) is 18.2 Å². The number of benzene rings is 1. The zero-order chi connectivity index (χ0) is 19.4. The normalized spacial score (nSPS) is 13.4. The molecule has 1 aromatic carbocycles. The van der Waals surface area contributed by atoms with Crippen LogP contribution in [0.2, 0.25) is 10.0 Å². The summed E-state index contributed by atoms with van der Waals surface area (Å²) in [5.41, 5.74) is 0.256. The summed E-state index contributed by atoms with van der Waals surface area (Å²) in [5, 5.41) is 3.37. The average molecular weight is 427 g/mol. The van der Waals surface area contributed by atoms with E-state index in [1.54, 1.807) is 11.8 Å². The first kappa shape index (κ1) is 22.4. The second-order valence-electron chi connectivity index (χ2n) is 6.61. The van der Waals surface area contributed by atoms with Gasteiger partial charge >= 0.3 is 0 Å². The molecule has 1 amide bonds. The van der Waals surface area contributed by atoms with Crippen LogP contribution in [-0.4, -0.2) is 43.7 Å². The highest BCUT2D eigenvalue weighted by Gasteiger charge is 2.29. The summed E-state index contributed by atoms with van der Waals surface area (Å²) in [6.45, 7) is 8.27. The highest BCUT2D eigenvalue weighted by molar-refractivity contribution is 8.00. The highest BCUT2D eigenvalue weighted by atomic mass is 35.5. The van der Waals surface area contributed by atoms with Crippen molar-refractivity contribution in [2.75, 3.05) is 22.9 Å². The molecule has 0 aliphatic heterocycles. The van der Waals surface area contributed by atoms with Gasteiger partial charge in [0, 0.05) is 27.1 Å². The molecule has 9 heteroatoms. The number of anilines is 1. The number of halogens is 2. The Kier molecular flexibility index (Phi) is 7.93. The topological polar surface area (TPSA) is 66.5 Å². The third-order valence-electron chi connectivity index (χ3n) is 3.13. The zero-order valence-electron chi connectivity index (χ0n) is 15.0. The minimum atomic E-state index is -3.70. The molecule has 1 atom stereocenters. The standard InChI is InChI=1S/C16H24Cl2N2O3S2/c1-11(15(21)19-6-7-24-16(2,3)4)20(25(5,22)23)14-9-12(17)8-13(18)10-14/h8-11H,6-7H2,1-5H3,(H,19,21). The van der Waals surface area contributed by atoms with Crippen LogP contribution in [0, 0.1) is 0 Å². The number of nitrogens with zero attached hydrogens (tertiary/aromatic N) is 1. The van der Waals surface area contributed by atoms with E-state index in [2.05, 4.69) is 26.1 Å². The van der Waals surface area contributed by atoms with Gasteiger partial charge in [-0.15, -0.1) is 0 Å². The van der Waals surface area contributed by atoms with Crippen LogP contribution in [0.25, 0.3) is 0 Å². The van der Waals surface area contributed by atoms with Crippen LogP contribution < -0.4 is 9.62 Å². The number of hydrogen-bond acceptors (Lipinski definition) is 4. The third-order valence-corrected chi connectivity index (χ3v) is 6.08. The molecular formula is C16H24Cl2N2O3S2. The Bertz CT molecular complexity index is 698. The average Bonchev–Trinajstić information content (AvgIpc) is 2.39. The van der Waals surface area contributed by atoms with Crippen molar-refractivity contribution >= 4 is 56.6 Å². The molecule has 0 aliphatic carbocycles. The number of amides is 1. The van der Waals surface area contributed by atoms with E-state index >= 15 is 0 Å². The number of hydrogen-bond donors (Lipinski definition) is 1. The number of sulfonamides is 1. The van der Waals surface area contributed by atoms with Gasteiger partial charge in [-0.3, -0.25) is 9.10 Å². The van der Waals surface area contributed by atoms with Crippen LogP contribution >= 0.6 is 35.0 Å². The van der Waals surface area contributed by atoms with Gasteiger partial charge in [-0.05, 0) is 25.1 Å². The molecular weight excluding hydrogens is 403 g/mol. The lowest BCUT2D eigenvalue weighted by Gasteiger charge is -2.28. The van der Waals surface area contributed by atoms with Gasteiger partial charge in [0.2, 0.25) is 15.9 Å². The van der Waals surface area contributed by atoms with Crippen LogP contribution in [-0.2, 0) is 14.8 Å². The molecule has 5 nitrogen and oxygen atoms in total. The maximum absolute atomic E-state index is 12.4. The fourth-order valence-corrected chi connectivity index (χ4v) is 4.64. The molecule has 0 saturated carbocycles. The monoisotopic (exact) mass is 426 g/mol. The summed E-state index contributed by atoms with van der Waals surface area (Å²) in [5.74, 6) is 0.361. The molecule has 1 N–H and O–H groups in total. The van der Waals surface area contributed by atoms with Crippen molar-refractivity contribution in [2.45, 2.75) is 38.5 Å². The smallest absolute Gasteiger partial charge is 0.243 e. The van der Waals surface area contributed by atoms with Crippen LogP contribution in [0.4, 0.5) is 5.69 Å². The summed E-state index contributed by atoms with van der Waals surface area (Å²) in [7, 11) is -3.70. The Labute approximate surface area is 164 Å². The number of nitrogens with one attached hydrogen (secondary N) is 1. The van der Waals surface area contributed by atoms with E-state index in [1.807, 2.05) is 0 Å². The number of rotatable bonds is 7. The minimum Gasteiger partial charge on any atom is -0.353 e. The summed E-state index contributed by atoms with van der Waals surface area (Å²) < 4.78 is 25.6. The Morgan fingerprint density at radius 2 is 1.76 bits per heavy atom. The van der Waals surface area contributed by atoms with Gasteiger partial charge in [0.15, 0.2) is 0 Å². The van der Waals surface area contributed by atoms with Crippen molar-refractivity contribution in [1.82, 2.24) is 5.32 Å². The van der Waals surface area contributed by atoms with Crippen LogP contribution in [0.5, 0.6) is 0 Å². The van der Waals surface area contributed by atoms with Gasteiger partial charge in [0.05, 0.1) is 11.9 Å². The maximum atomic E-state index is 12.4. The molecule has 25 heavy (non-hydrogen) atoms. The van der Waals surface area contributed by atoms with E-state index in [0.717, 1.165) is 16.3 Å². The molecule has 1 unspecified atom stereocenters. The molecule has 0 heterocycles. The van der Waals surface area contributed by atoms with E-state index in [0.29, 0.717) is 16.6 Å². The fraction of sp³-hybridized carbons (Fsp3) is 0.562. The first-order valence-corrected chi connectivity index (χ1v) is 11.3. The van der Waals surface area contributed by atoms with Crippen molar-refractivity contribution in [3.8, 4) is 0 Å². The van der Waals surface area contributed by atoms with Crippen molar-refractivity contribution < 1.29 is 13.2 Å². The zero-order valence-corrected chi connectivity index (χ0v) is 18.1. The highest BCUT2D eigenvalue weighted by Crippen LogP contribution is 2.28. The third kappa shape index (κ3) is 7.64. The van der Waals surface area contributed by atoms with Crippen molar-refractivity contribution in [3.05, 3.63) is 28.2 Å². The number of carbonyl (C=O) groups excluding carboxylic acids is 1. The Morgan fingerprint density at radius 3 is 2.20 bits per heavy atom. The van der Waals surface area contributed by atoms with Gasteiger partial charge in [-0.1, -0.05) is 44.0 Å². The van der Waals surface area contributed by atoms with Crippen molar-refractivity contribution in [1.29, 1.82) is 0 Å². The fourth-order valence-electron chi connectivity index (χ4n) is 2.15. The summed E-state index contributed by atoms with van der Waals surface area (Å²) in [6.07, 6.45) is 1.04. The summed E-state index contributed by atoms with van der Waals surface area (Å²) in [4.78, 5) is 12.4. The molecule has 0 aromatic heterocycles. The van der Waals surface area contributed by atoms with Gasteiger partial charge in [0.1, 0.15) is 6.04 Å². The summed E-state index contributed by atoms with van der Waals surface area (Å²) >= 11 is 13.6. The van der Waals surface area contributed by atoms with Crippen molar-refractivity contribution in [2.24, 2.45) is 0 Å². The Hall–Kier alpha value is -0.630. The molecule has 1 rings (SSSR count). The Morgan fingerprint density at radius 1 is 1.24 bits per heavy atom. The second-order valence-corrected chi connectivity index (χ2v) is 11.3. The van der Waals surface area contributed by atoms with E-state index in [9.17, 15) is 13.2 Å². The second kappa shape index (κ2) is 8.84. The van der Waals surface area contributed by atoms with E-state index in [-0.39, 0.29) is 16.3 Å². The first-order chi connectivity index (χ1) is 11.3. The molecule has 0 fully saturated rings. The predicted octanol–water partition coefficient (Wildman–Crippen LogP) is 3.80. The molecule has 0 spiro atoms. The largest absolute Gasteiger partial charge is 0.353 e. The summed E-state index contributed by atoms with van der Waals surface area (Å²) in [6, 6.07) is 3.51. The van der Waals surface area contributed by atoms with Gasteiger partial charge in [-0.2, -0.15) is 11.8 Å². The van der Waals surface area contributed by atoms with Crippen LogP contribution in [0.3, 0.4) is 0 Å². The van der Waals surface area contributed by atoms with E-state index in [4.69, 9.17) is 23.2 Å². The molecule has 0 radical (unpaired) electrons. The number of thioether (sulfide) groups is 1. The van der Waals surface area contributed by atoms with Gasteiger partial charge in [-0.25, -0.2) is 8.42 Å². The van der Waals surface area contributed by atoms with Crippen LogP contribution in [0.1, 0.15) is 27.7 Å². The Balaban J connectivity index is 2.91. The van der Waals surface area contributed by atoms with E-state index in [1.165, 1.54) is 25.1 Å². The lowest BCUT2D eigenvalue weighted by Crippen LogP contribution is -2.48. The molecule has 142 valence electrons. The van der Waals surface area contributed by atoms with Crippen molar-refractivity contribution in [3.63, 3.8) is 0 Å². The molecule has 1 aromatic rings. The molecule has 0 aliphatic rings. The van der Waals surface area contributed by atoms with E-state index < -0.39 is 16.1 Å². The minimum absolute atomic E-state index is 0.104. The molecule has 0 bridgehead atoms. The lowest BCUT2D eigenvalue weighted by atomic mass is 10.2.